The fourth-order valence-corrected chi connectivity index (χ4v) is 1.62. The summed E-state index contributed by atoms with van der Waals surface area (Å²) >= 11 is 0. The largest absolute Gasteiger partial charge is 0.465 e. The van der Waals surface area contributed by atoms with Gasteiger partial charge in [-0.3, -0.25) is 4.68 Å². The van der Waals surface area contributed by atoms with Crippen molar-refractivity contribution in [3.05, 3.63) is 35.8 Å². The number of pyridine rings is 1. The highest BCUT2D eigenvalue weighted by Crippen LogP contribution is 2.17. The number of aromatic nitrogens is 3. The second-order valence-electron chi connectivity index (χ2n) is 3.99. The summed E-state index contributed by atoms with van der Waals surface area (Å²) in [5, 5.41) is 7.27. The van der Waals surface area contributed by atoms with E-state index >= 15 is 0 Å². The van der Waals surface area contributed by atoms with Crippen LogP contribution in [0.5, 0.6) is 0 Å². The number of methoxy groups -OCH3 is 1. The third-order valence-corrected chi connectivity index (χ3v) is 2.52. The lowest BCUT2D eigenvalue weighted by Crippen LogP contribution is -2.11. The van der Waals surface area contributed by atoms with Crippen LogP contribution in [0, 0.1) is 0 Å². The summed E-state index contributed by atoms with van der Waals surface area (Å²) in [7, 11) is 3.15. The predicted molar refractivity (Wildman–Crippen MR) is 70.5 cm³/mol. The Labute approximate surface area is 110 Å². The molecule has 0 bridgehead atoms. The van der Waals surface area contributed by atoms with Gasteiger partial charge in [0.05, 0.1) is 31.2 Å². The van der Waals surface area contributed by atoms with Crippen molar-refractivity contribution in [2.45, 2.75) is 6.54 Å². The second-order valence-corrected chi connectivity index (χ2v) is 3.99. The average Bonchev–Trinajstić information content (AvgIpc) is 2.82. The van der Waals surface area contributed by atoms with Crippen LogP contribution in [-0.4, -0.2) is 27.8 Å². The number of esters is 1. The summed E-state index contributed by atoms with van der Waals surface area (Å²) in [5.41, 5.74) is 7.17. The molecule has 0 radical (unpaired) electrons. The number of anilines is 2. The van der Waals surface area contributed by atoms with Gasteiger partial charge in [-0.1, -0.05) is 0 Å². The summed E-state index contributed by atoms with van der Waals surface area (Å²) < 4.78 is 6.40. The molecule has 3 N–H and O–H groups in total. The number of nitrogen functional groups attached to an aromatic ring is 1. The lowest BCUT2D eigenvalue weighted by atomic mass is 10.2. The lowest BCUT2D eigenvalue weighted by molar-refractivity contribution is 0.0601. The third-order valence-electron chi connectivity index (χ3n) is 2.52. The van der Waals surface area contributed by atoms with Gasteiger partial charge in [0.15, 0.2) is 0 Å². The molecule has 19 heavy (non-hydrogen) atoms. The Balaban J connectivity index is 2.17. The van der Waals surface area contributed by atoms with E-state index in [1.165, 1.54) is 19.4 Å². The Morgan fingerprint density at radius 3 is 3.00 bits per heavy atom. The fourth-order valence-electron chi connectivity index (χ4n) is 1.62. The van der Waals surface area contributed by atoms with Crippen molar-refractivity contribution in [1.29, 1.82) is 0 Å². The first kappa shape index (κ1) is 12.9. The molecule has 0 aliphatic carbocycles. The van der Waals surface area contributed by atoms with Crippen molar-refractivity contribution in [3.63, 3.8) is 0 Å². The van der Waals surface area contributed by atoms with Crippen LogP contribution in [0.15, 0.2) is 24.5 Å². The molecule has 2 rings (SSSR count). The van der Waals surface area contributed by atoms with Gasteiger partial charge < -0.3 is 15.8 Å². The molecule has 2 aromatic rings. The molecule has 7 nitrogen and oxygen atoms in total. The third kappa shape index (κ3) is 3.01. The number of carbonyl (C=O) groups excluding carboxylic acids is 1. The van der Waals surface area contributed by atoms with E-state index < -0.39 is 5.97 Å². The van der Waals surface area contributed by atoms with Crippen LogP contribution in [0.1, 0.15) is 16.1 Å². The van der Waals surface area contributed by atoms with Gasteiger partial charge in [-0.15, -0.1) is 0 Å². The molecule has 0 amide bonds. The Morgan fingerprint density at radius 1 is 1.58 bits per heavy atom. The fraction of sp³-hybridized carbons (Fsp3) is 0.250. The summed E-state index contributed by atoms with van der Waals surface area (Å²) in [6.45, 7) is 0.460. The summed E-state index contributed by atoms with van der Waals surface area (Å²) in [6.07, 6.45) is 3.32. The molecule has 2 heterocycles. The number of ether oxygens (including phenoxy) is 1. The van der Waals surface area contributed by atoms with Crippen LogP contribution in [0.2, 0.25) is 0 Å². The highest BCUT2D eigenvalue weighted by molar-refractivity contribution is 5.95. The maximum Gasteiger partial charge on any atom is 0.341 e. The van der Waals surface area contributed by atoms with Gasteiger partial charge in [0.1, 0.15) is 11.4 Å². The minimum atomic E-state index is -0.483. The van der Waals surface area contributed by atoms with E-state index in [0.717, 1.165) is 5.69 Å². The highest BCUT2D eigenvalue weighted by Gasteiger charge is 2.13. The number of carbonyl (C=O) groups is 1. The summed E-state index contributed by atoms with van der Waals surface area (Å²) in [4.78, 5) is 15.7. The van der Waals surface area contributed by atoms with E-state index in [4.69, 9.17) is 10.5 Å². The van der Waals surface area contributed by atoms with Crippen LogP contribution in [0.25, 0.3) is 0 Å². The zero-order chi connectivity index (χ0) is 13.8. The van der Waals surface area contributed by atoms with Gasteiger partial charge >= 0.3 is 5.97 Å². The van der Waals surface area contributed by atoms with E-state index in [9.17, 15) is 4.79 Å². The van der Waals surface area contributed by atoms with Gasteiger partial charge in [-0.05, 0) is 12.1 Å². The molecule has 100 valence electrons. The smallest absolute Gasteiger partial charge is 0.341 e. The monoisotopic (exact) mass is 261 g/mol. The topological polar surface area (TPSA) is 95.1 Å². The maximum absolute atomic E-state index is 11.6. The molecule has 0 unspecified atom stereocenters. The van der Waals surface area contributed by atoms with Crippen LogP contribution in [0.4, 0.5) is 11.5 Å². The van der Waals surface area contributed by atoms with E-state index in [2.05, 4.69) is 15.4 Å². The van der Waals surface area contributed by atoms with Gasteiger partial charge in [0.25, 0.3) is 0 Å². The van der Waals surface area contributed by atoms with Crippen molar-refractivity contribution >= 4 is 17.5 Å². The first-order valence-corrected chi connectivity index (χ1v) is 5.66. The first-order valence-electron chi connectivity index (χ1n) is 5.66. The number of hydrogen-bond acceptors (Lipinski definition) is 6. The predicted octanol–water partition coefficient (Wildman–Crippen LogP) is 0.796. The highest BCUT2D eigenvalue weighted by atomic mass is 16.5. The number of rotatable bonds is 4. The quantitative estimate of drug-likeness (QED) is 0.790. The molecule has 0 aliphatic rings. The van der Waals surface area contributed by atoms with Crippen molar-refractivity contribution in [2.24, 2.45) is 7.05 Å². The van der Waals surface area contributed by atoms with Gasteiger partial charge in [-0.2, -0.15) is 5.10 Å². The molecule has 7 heteroatoms. The van der Waals surface area contributed by atoms with Crippen molar-refractivity contribution in [2.75, 3.05) is 18.2 Å². The van der Waals surface area contributed by atoms with Gasteiger partial charge in [0.2, 0.25) is 0 Å². The van der Waals surface area contributed by atoms with E-state index in [1.807, 2.05) is 19.3 Å². The molecular formula is C12H15N5O2. The summed E-state index contributed by atoms with van der Waals surface area (Å²) in [6, 6.07) is 3.40. The second kappa shape index (κ2) is 5.38. The van der Waals surface area contributed by atoms with Crippen molar-refractivity contribution in [1.82, 2.24) is 14.8 Å². The van der Waals surface area contributed by atoms with Crippen LogP contribution in [-0.2, 0) is 18.3 Å². The molecule has 0 aliphatic heterocycles. The minimum absolute atomic E-state index is 0.304. The molecular weight excluding hydrogens is 246 g/mol. The number of hydrogen-bond donors (Lipinski definition) is 2. The standard InChI is InChI=1S/C12H15N5O2/c1-17-4-3-9(16-17)7-15-11-10(12(18)19-2)5-8(13)6-14-11/h3-6H,7,13H2,1-2H3,(H,14,15). The number of nitrogens with two attached hydrogens (primary N) is 1. The first-order chi connectivity index (χ1) is 9.10. The van der Waals surface area contributed by atoms with Crippen LogP contribution < -0.4 is 11.1 Å². The zero-order valence-electron chi connectivity index (χ0n) is 10.8. The molecule has 0 fully saturated rings. The SMILES string of the molecule is COC(=O)c1cc(N)cnc1NCc1ccn(C)n1. The van der Waals surface area contributed by atoms with Gasteiger partial charge in [-0.25, -0.2) is 9.78 Å². The molecule has 0 spiro atoms. The van der Waals surface area contributed by atoms with Gasteiger partial charge in [0, 0.05) is 13.2 Å². The Bertz CT molecular complexity index is 594. The Kier molecular flexibility index (Phi) is 3.65. The molecule has 0 atom stereocenters. The zero-order valence-corrected chi connectivity index (χ0v) is 10.8. The number of nitrogens with zero attached hydrogens (tertiary/aromatic N) is 3. The minimum Gasteiger partial charge on any atom is -0.465 e. The van der Waals surface area contributed by atoms with E-state index in [-0.39, 0.29) is 0 Å². The van der Waals surface area contributed by atoms with E-state index in [1.54, 1.807) is 4.68 Å². The molecule has 0 aromatic carbocycles. The van der Waals surface area contributed by atoms with Crippen molar-refractivity contribution < 1.29 is 9.53 Å². The van der Waals surface area contributed by atoms with Crippen molar-refractivity contribution in [3.8, 4) is 0 Å². The number of aryl methyl sites for hydroxylation is 1. The summed E-state index contributed by atoms with van der Waals surface area (Å²) in [5.74, 6) is -0.0602. The van der Waals surface area contributed by atoms with Crippen LogP contribution in [0.3, 0.4) is 0 Å². The normalized spacial score (nSPS) is 10.2. The van der Waals surface area contributed by atoms with E-state index in [0.29, 0.717) is 23.6 Å². The molecule has 2 aromatic heterocycles. The lowest BCUT2D eigenvalue weighted by Gasteiger charge is -2.09. The number of nitrogens with one attached hydrogen (secondary N) is 1. The maximum atomic E-state index is 11.6. The Morgan fingerprint density at radius 2 is 2.37 bits per heavy atom. The Hall–Kier alpha value is -2.57. The molecule has 0 saturated carbocycles. The van der Waals surface area contributed by atoms with Crippen LogP contribution >= 0.6 is 0 Å². The molecule has 0 saturated heterocycles. The average molecular weight is 261 g/mol.